The molecule has 0 amide bonds. The Labute approximate surface area is 78.2 Å². The smallest absolute Gasteiger partial charge is 0.127 e. The lowest BCUT2D eigenvalue weighted by Crippen LogP contribution is -2.31. The SMILES string of the molecule is CC(O)C(C)(C)c1ccccc1F. The lowest BCUT2D eigenvalue weighted by Gasteiger charge is -2.28. The van der Waals surface area contributed by atoms with Gasteiger partial charge in [-0.1, -0.05) is 32.0 Å². The summed E-state index contributed by atoms with van der Waals surface area (Å²) >= 11 is 0. The zero-order chi connectivity index (χ0) is 10.1. The molecule has 0 saturated heterocycles. The van der Waals surface area contributed by atoms with Crippen LogP contribution in [0.3, 0.4) is 0 Å². The van der Waals surface area contributed by atoms with E-state index in [-0.39, 0.29) is 5.82 Å². The van der Waals surface area contributed by atoms with Crippen molar-refractivity contribution in [2.75, 3.05) is 0 Å². The Hall–Kier alpha value is -0.890. The molecule has 0 heterocycles. The molecule has 0 saturated carbocycles. The number of hydrogen-bond donors (Lipinski definition) is 1. The number of aliphatic hydroxyl groups is 1. The summed E-state index contributed by atoms with van der Waals surface area (Å²) < 4.78 is 13.3. The van der Waals surface area contributed by atoms with Crippen LogP contribution in [0.25, 0.3) is 0 Å². The lowest BCUT2D eigenvalue weighted by molar-refractivity contribution is 0.115. The van der Waals surface area contributed by atoms with Gasteiger partial charge in [0.25, 0.3) is 0 Å². The van der Waals surface area contributed by atoms with E-state index < -0.39 is 11.5 Å². The zero-order valence-electron chi connectivity index (χ0n) is 8.21. The van der Waals surface area contributed by atoms with Crippen molar-refractivity contribution in [2.24, 2.45) is 0 Å². The summed E-state index contributed by atoms with van der Waals surface area (Å²) in [5.41, 5.74) is 0.0238. The van der Waals surface area contributed by atoms with Crippen LogP contribution in [-0.2, 0) is 5.41 Å². The largest absolute Gasteiger partial charge is 0.393 e. The van der Waals surface area contributed by atoms with Crippen molar-refractivity contribution >= 4 is 0 Å². The summed E-state index contributed by atoms with van der Waals surface area (Å²) in [6.45, 7) is 5.33. The molecule has 72 valence electrons. The van der Waals surface area contributed by atoms with Gasteiger partial charge in [0.15, 0.2) is 0 Å². The van der Waals surface area contributed by atoms with Crippen molar-refractivity contribution in [2.45, 2.75) is 32.3 Å². The highest BCUT2D eigenvalue weighted by Gasteiger charge is 2.28. The van der Waals surface area contributed by atoms with E-state index in [0.717, 1.165) is 0 Å². The highest BCUT2D eigenvalue weighted by atomic mass is 19.1. The number of halogens is 1. The summed E-state index contributed by atoms with van der Waals surface area (Å²) in [5, 5.41) is 9.49. The Morgan fingerprint density at radius 1 is 1.31 bits per heavy atom. The van der Waals surface area contributed by atoms with E-state index in [4.69, 9.17) is 0 Å². The molecule has 1 N–H and O–H groups in total. The summed E-state index contributed by atoms with van der Waals surface area (Å²) in [6.07, 6.45) is -0.565. The van der Waals surface area contributed by atoms with Gasteiger partial charge >= 0.3 is 0 Å². The summed E-state index contributed by atoms with van der Waals surface area (Å²) in [6, 6.07) is 6.56. The Morgan fingerprint density at radius 2 is 1.85 bits per heavy atom. The minimum atomic E-state index is -0.565. The zero-order valence-corrected chi connectivity index (χ0v) is 8.21. The van der Waals surface area contributed by atoms with Crippen LogP contribution < -0.4 is 0 Å². The van der Waals surface area contributed by atoms with E-state index in [2.05, 4.69) is 0 Å². The van der Waals surface area contributed by atoms with E-state index in [1.807, 2.05) is 13.8 Å². The van der Waals surface area contributed by atoms with Crippen molar-refractivity contribution in [1.82, 2.24) is 0 Å². The second kappa shape index (κ2) is 3.46. The van der Waals surface area contributed by atoms with Crippen LogP contribution in [0, 0.1) is 5.82 Å². The highest BCUT2D eigenvalue weighted by Crippen LogP contribution is 2.28. The van der Waals surface area contributed by atoms with Crippen molar-refractivity contribution in [1.29, 1.82) is 0 Å². The van der Waals surface area contributed by atoms with Crippen molar-refractivity contribution in [3.05, 3.63) is 35.6 Å². The van der Waals surface area contributed by atoms with E-state index in [0.29, 0.717) is 5.56 Å². The predicted molar refractivity (Wildman–Crippen MR) is 51.1 cm³/mol. The van der Waals surface area contributed by atoms with Crippen LogP contribution >= 0.6 is 0 Å². The second-order valence-electron chi connectivity index (χ2n) is 3.88. The van der Waals surface area contributed by atoms with Gasteiger partial charge in [-0.2, -0.15) is 0 Å². The monoisotopic (exact) mass is 182 g/mol. The first-order chi connectivity index (χ1) is 5.96. The van der Waals surface area contributed by atoms with Crippen LogP contribution in [0.15, 0.2) is 24.3 Å². The van der Waals surface area contributed by atoms with Gasteiger partial charge in [-0.3, -0.25) is 0 Å². The average molecular weight is 182 g/mol. The Bertz CT molecular complexity index is 292. The Morgan fingerprint density at radius 3 is 2.31 bits per heavy atom. The maximum absolute atomic E-state index is 13.3. The number of hydrogen-bond acceptors (Lipinski definition) is 1. The molecule has 1 aromatic rings. The average Bonchev–Trinajstić information content (AvgIpc) is 2.04. The third-order valence-corrected chi connectivity index (χ3v) is 2.61. The molecular formula is C11H15FO. The van der Waals surface area contributed by atoms with E-state index >= 15 is 0 Å². The fourth-order valence-electron chi connectivity index (χ4n) is 1.21. The topological polar surface area (TPSA) is 20.2 Å². The molecule has 0 aliphatic carbocycles. The third-order valence-electron chi connectivity index (χ3n) is 2.61. The molecule has 1 rings (SSSR count). The molecule has 0 radical (unpaired) electrons. The maximum atomic E-state index is 13.3. The molecule has 0 spiro atoms. The fraction of sp³-hybridized carbons (Fsp3) is 0.455. The molecule has 1 nitrogen and oxygen atoms in total. The highest BCUT2D eigenvalue weighted by molar-refractivity contribution is 5.26. The minimum absolute atomic E-state index is 0.256. The number of benzene rings is 1. The number of rotatable bonds is 2. The third kappa shape index (κ3) is 1.89. The molecule has 0 aliphatic rings. The van der Waals surface area contributed by atoms with Gasteiger partial charge in [0.05, 0.1) is 6.10 Å². The molecule has 1 atom stereocenters. The van der Waals surface area contributed by atoms with Gasteiger partial charge < -0.3 is 5.11 Å². The van der Waals surface area contributed by atoms with Crippen molar-refractivity contribution in [3.63, 3.8) is 0 Å². The van der Waals surface area contributed by atoms with Crippen LogP contribution in [0.1, 0.15) is 26.3 Å². The van der Waals surface area contributed by atoms with Crippen LogP contribution in [0.5, 0.6) is 0 Å². The van der Waals surface area contributed by atoms with Gasteiger partial charge in [-0.05, 0) is 18.6 Å². The van der Waals surface area contributed by atoms with Crippen molar-refractivity contribution < 1.29 is 9.50 Å². The number of aliphatic hydroxyl groups excluding tert-OH is 1. The first-order valence-electron chi connectivity index (χ1n) is 4.39. The molecule has 2 heteroatoms. The van der Waals surface area contributed by atoms with Crippen molar-refractivity contribution in [3.8, 4) is 0 Å². The van der Waals surface area contributed by atoms with Crippen LogP contribution in [0.2, 0.25) is 0 Å². The standard InChI is InChI=1S/C11H15FO/c1-8(13)11(2,3)9-6-4-5-7-10(9)12/h4-8,13H,1-3H3. The molecule has 13 heavy (non-hydrogen) atoms. The van der Waals surface area contributed by atoms with Gasteiger partial charge in [0.1, 0.15) is 5.82 Å². The molecule has 0 fully saturated rings. The molecule has 0 bridgehead atoms. The maximum Gasteiger partial charge on any atom is 0.127 e. The Balaban J connectivity index is 3.14. The summed E-state index contributed by atoms with van der Waals surface area (Å²) in [5.74, 6) is -0.256. The quantitative estimate of drug-likeness (QED) is 0.745. The van der Waals surface area contributed by atoms with Gasteiger partial charge in [-0.25, -0.2) is 4.39 Å². The van der Waals surface area contributed by atoms with Crippen LogP contribution in [-0.4, -0.2) is 11.2 Å². The minimum Gasteiger partial charge on any atom is -0.393 e. The molecular weight excluding hydrogens is 167 g/mol. The predicted octanol–water partition coefficient (Wildman–Crippen LogP) is 2.48. The van der Waals surface area contributed by atoms with Crippen LogP contribution in [0.4, 0.5) is 4.39 Å². The normalized spacial score (nSPS) is 14.2. The second-order valence-corrected chi connectivity index (χ2v) is 3.88. The molecule has 0 aromatic heterocycles. The first-order valence-corrected chi connectivity index (χ1v) is 4.39. The lowest BCUT2D eigenvalue weighted by atomic mass is 9.80. The molecule has 1 unspecified atom stereocenters. The molecule has 0 aliphatic heterocycles. The van der Waals surface area contributed by atoms with E-state index in [1.54, 1.807) is 25.1 Å². The fourth-order valence-corrected chi connectivity index (χ4v) is 1.21. The van der Waals surface area contributed by atoms with Gasteiger partial charge in [0, 0.05) is 5.41 Å². The van der Waals surface area contributed by atoms with Gasteiger partial charge in [-0.15, -0.1) is 0 Å². The summed E-state index contributed by atoms with van der Waals surface area (Å²) in [4.78, 5) is 0. The summed E-state index contributed by atoms with van der Waals surface area (Å²) in [7, 11) is 0. The van der Waals surface area contributed by atoms with E-state index in [1.165, 1.54) is 6.07 Å². The first kappa shape index (κ1) is 10.2. The molecule has 1 aromatic carbocycles. The van der Waals surface area contributed by atoms with Gasteiger partial charge in [0.2, 0.25) is 0 Å². The Kier molecular flexibility index (Phi) is 2.71. The van der Waals surface area contributed by atoms with E-state index in [9.17, 15) is 9.50 Å².